The third-order valence-electron chi connectivity index (χ3n) is 6.97. The van der Waals surface area contributed by atoms with E-state index in [9.17, 15) is 9.59 Å². The first-order chi connectivity index (χ1) is 19.9. The quantitative estimate of drug-likeness (QED) is 0.144. The summed E-state index contributed by atoms with van der Waals surface area (Å²) < 4.78 is 13.8. The summed E-state index contributed by atoms with van der Waals surface area (Å²) in [6, 6.07) is 12.0. The zero-order valence-electron chi connectivity index (χ0n) is 24.1. The summed E-state index contributed by atoms with van der Waals surface area (Å²) in [5, 5.41) is 9.02. The van der Waals surface area contributed by atoms with Crippen molar-refractivity contribution in [3.8, 4) is 22.5 Å². The van der Waals surface area contributed by atoms with Crippen molar-refractivity contribution in [3.63, 3.8) is 0 Å². The molecule has 5 aromatic rings. The summed E-state index contributed by atoms with van der Waals surface area (Å²) in [5.41, 5.74) is 6.19. The SMILES string of the molecule is COC(=O)[C@@H](OC(C)(C)C)c1c(C)c(NC(=O)CCl)c2[nH]c(-c3ccnc(-c4ccc5c(cnn5C)c4)c3)cc2c1Br. The lowest BCUT2D eigenvalue weighted by molar-refractivity contribution is -0.164. The van der Waals surface area contributed by atoms with Crippen LogP contribution in [-0.2, 0) is 26.1 Å². The number of aryl methyl sites for hydroxylation is 1. The first kappa shape index (κ1) is 29.8. The Labute approximate surface area is 256 Å². The Kier molecular flexibility index (Phi) is 8.15. The lowest BCUT2D eigenvalue weighted by Gasteiger charge is -2.28. The third kappa shape index (κ3) is 5.66. The largest absolute Gasteiger partial charge is 0.467 e. The molecule has 0 bridgehead atoms. The molecular weight excluding hydrogens is 622 g/mol. The van der Waals surface area contributed by atoms with Gasteiger partial charge in [-0.1, -0.05) is 6.07 Å². The average Bonchev–Trinajstić information content (AvgIpc) is 3.58. The average molecular weight is 653 g/mol. The van der Waals surface area contributed by atoms with E-state index in [1.54, 1.807) is 6.20 Å². The number of anilines is 1. The number of alkyl halides is 1. The molecule has 2 aromatic carbocycles. The molecule has 42 heavy (non-hydrogen) atoms. The van der Waals surface area contributed by atoms with E-state index in [0.29, 0.717) is 26.8 Å². The van der Waals surface area contributed by atoms with Crippen LogP contribution in [0.4, 0.5) is 5.69 Å². The number of carbonyl (C=O) groups excluding carboxylic acids is 2. The monoisotopic (exact) mass is 651 g/mol. The molecule has 2 N–H and O–H groups in total. The van der Waals surface area contributed by atoms with Crippen LogP contribution in [0.2, 0.25) is 0 Å². The minimum atomic E-state index is -1.05. The number of hydrogen-bond acceptors (Lipinski definition) is 6. The number of amides is 1. The second kappa shape index (κ2) is 11.5. The van der Waals surface area contributed by atoms with Crippen LogP contribution in [0.15, 0.2) is 53.3 Å². The van der Waals surface area contributed by atoms with Gasteiger partial charge < -0.3 is 19.8 Å². The second-order valence-electron chi connectivity index (χ2n) is 11.0. The van der Waals surface area contributed by atoms with E-state index in [-0.39, 0.29) is 11.8 Å². The van der Waals surface area contributed by atoms with Crippen molar-refractivity contribution in [2.75, 3.05) is 18.3 Å². The number of methoxy groups -OCH3 is 1. The fraction of sp³-hybridized carbons (Fsp3) is 0.290. The van der Waals surface area contributed by atoms with E-state index in [1.165, 1.54) is 7.11 Å². The highest BCUT2D eigenvalue weighted by atomic mass is 79.9. The molecule has 11 heteroatoms. The summed E-state index contributed by atoms with van der Waals surface area (Å²) >= 11 is 9.62. The number of nitrogens with zero attached hydrogens (tertiary/aromatic N) is 3. The number of rotatable bonds is 7. The fourth-order valence-electron chi connectivity index (χ4n) is 5.02. The minimum Gasteiger partial charge on any atom is -0.467 e. The van der Waals surface area contributed by atoms with Gasteiger partial charge in [-0.15, -0.1) is 11.6 Å². The fourth-order valence-corrected chi connectivity index (χ4v) is 5.90. The highest BCUT2D eigenvalue weighted by molar-refractivity contribution is 9.10. The summed E-state index contributed by atoms with van der Waals surface area (Å²) in [7, 11) is 3.23. The van der Waals surface area contributed by atoms with E-state index in [4.69, 9.17) is 21.1 Å². The number of esters is 1. The molecule has 0 aliphatic rings. The van der Waals surface area contributed by atoms with Gasteiger partial charge in [-0.05, 0) is 79.5 Å². The van der Waals surface area contributed by atoms with Gasteiger partial charge in [-0.25, -0.2) is 4.79 Å². The molecule has 218 valence electrons. The first-order valence-corrected chi connectivity index (χ1v) is 14.6. The predicted octanol–water partition coefficient (Wildman–Crippen LogP) is 7.06. The lowest BCUT2D eigenvalue weighted by atomic mass is 9.97. The van der Waals surface area contributed by atoms with E-state index < -0.39 is 17.7 Å². The number of carbonyl (C=O) groups is 2. The lowest BCUT2D eigenvalue weighted by Crippen LogP contribution is -2.29. The molecule has 0 saturated heterocycles. The minimum absolute atomic E-state index is 0.228. The Hall–Kier alpha value is -3.73. The van der Waals surface area contributed by atoms with E-state index in [1.807, 2.05) is 76.0 Å². The summed E-state index contributed by atoms with van der Waals surface area (Å²) in [4.78, 5) is 33.6. The van der Waals surface area contributed by atoms with Crippen LogP contribution in [0.1, 0.15) is 38.0 Å². The maximum Gasteiger partial charge on any atom is 0.339 e. The van der Waals surface area contributed by atoms with Crippen molar-refractivity contribution in [2.45, 2.75) is 39.4 Å². The maximum absolute atomic E-state index is 13.0. The highest BCUT2D eigenvalue weighted by Gasteiger charge is 2.33. The number of fused-ring (bicyclic) bond motifs is 2. The Bertz CT molecular complexity index is 1840. The number of H-pyrrole nitrogens is 1. The summed E-state index contributed by atoms with van der Waals surface area (Å²) in [6.45, 7) is 7.41. The normalized spacial score (nSPS) is 12.6. The van der Waals surface area contributed by atoms with Gasteiger partial charge in [0.05, 0.1) is 41.3 Å². The van der Waals surface area contributed by atoms with Crippen molar-refractivity contribution >= 4 is 66.9 Å². The Balaban J connectivity index is 1.68. The van der Waals surface area contributed by atoms with Crippen LogP contribution < -0.4 is 5.32 Å². The smallest absolute Gasteiger partial charge is 0.339 e. The van der Waals surface area contributed by atoms with Crippen LogP contribution >= 0.6 is 27.5 Å². The number of benzene rings is 2. The Morgan fingerprint density at radius 1 is 1.17 bits per heavy atom. The van der Waals surface area contributed by atoms with E-state index in [0.717, 1.165) is 38.8 Å². The predicted molar refractivity (Wildman–Crippen MR) is 169 cm³/mol. The van der Waals surface area contributed by atoms with Gasteiger partial charge in [-0.3, -0.25) is 14.5 Å². The van der Waals surface area contributed by atoms with Gasteiger partial charge in [0, 0.05) is 50.9 Å². The standard InChI is InChI=1S/C31H31BrClN5O4/c1-16-25(29(30(40)41-6)42-31(2,3)4)26(32)20-13-22(36-28(20)27(16)37-24(39)14-33)18-9-10-34-21(12-18)17-7-8-23-19(11-17)15-35-38(23)5/h7-13,15,29,36H,14H2,1-6H3,(H,37,39)/t29-/m0/s1. The Morgan fingerprint density at radius 3 is 2.62 bits per heavy atom. The van der Waals surface area contributed by atoms with E-state index >= 15 is 0 Å². The number of aromatic amines is 1. The van der Waals surface area contributed by atoms with Gasteiger partial charge >= 0.3 is 5.97 Å². The number of aromatic nitrogens is 4. The molecule has 3 heterocycles. The molecular formula is C31H31BrClN5O4. The number of pyridine rings is 1. The van der Waals surface area contributed by atoms with Crippen LogP contribution in [-0.4, -0.2) is 50.2 Å². The van der Waals surface area contributed by atoms with Crippen LogP contribution in [0.3, 0.4) is 0 Å². The van der Waals surface area contributed by atoms with Crippen molar-refractivity contribution in [1.82, 2.24) is 19.7 Å². The van der Waals surface area contributed by atoms with E-state index in [2.05, 4.69) is 42.4 Å². The van der Waals surface area contributed by atoms with Crippen molar-refractivity contribution in [1.29, 1.82) is 0 Å². The molecule has 1 amide bonds. The zero-order chi connectivity index (χ0) is 30.3. The molecule has 9 nitrogen and oxygen atoms in total. The topological polar surface area (TPSA) is 111 Å². The van der Waals surface area contributed by atoms with Gasteiger partial charge in [0.2, 0.25) is 5.91 Å². The molecule has 0 aliphatic heterocycles. The van der Waals surface area contributed by atoms with Gasteiger partial charge in [0.1, 0.15) is 5.88 Å². The maximum atomic E-state index is 13.0. The van der Waals surface area contributed by atoms with Crippen molar-refractivity contribution in [2.24, 2.45) is 7.05 Å². The molecule has 0 spiro atoms. The van der Waals surface area contributed by atoms with Gasteiger partial charge in [-0.2, -0.15) is 5.10 Å². The summed E-state index contributed by atoms with van der Waals surface area (Å²) in [6.07, 6.45) is 2.55. The molecule has 0 aliphatic carbocycles. The number of hydrogen-bond donors (Lipinski definition) is 2. The second-order valence-corrected chi connectivity index (χ2v) is 12.0. The summed E-state index contributed by atoms with van der Waals surface area (Å²) in [5.74, 6) is -1.16. The molecule has 1 atom stereocenters. The molecule has 3 aromatic heterocycles. The number of halogens is 2. The number of ether oxygens (including phenoxy) is 2. The van der Waals surface area contributed by atoms with Crippen molar-refractivity contribution < 1.29 is 19.1 Å². The third-order valence-corrected chi connectivity index (χ3v) is 8.06. The molecule has 0 unspecified atom stereocenters. The van der Waals surface area contributed by atoms with Gasteiger partial charge in [0.15, 0.2) is 6.10 Å². The molecule has 0 saturated carbocycles. The van der Waals surface area contributed by atoms with Crippen LogP contribution in [0.5, 0.6) is 0 Å². The first-order valence-electron chi connectivity index (χ1n) is 13.3. The van der Waals surface area contributed by atoms with Crippen LogP contribution in [0.25, 0.3) is 44.3 Å². The van der Waals surface area contributed by atoms with Gasteiger partial charge in [0.25, 0.3) is 0 Å². The zero-order valence-corrected chi connectivity index (χ0v) is 26.5. The molecule has 0 fully saturated rings. The van der Waals surface area contributed by atoms with Crippen LogP contribution in [0, 0.1) is 6.92 Å². The molecule has 0 radical (unpaired) electrons. The Morgan fingerprint density at radius 2 is 1.93 bits per heavy atom. The highest BCUT2D eigenvalue weighted by Crippen LogP contribution is 2.44. The van der Waals surface area contributed by atoms with Crippen molar-refractivity contribution in [3.05, 3.63) is 64.4 Å². The number of nitrogens with one attached hydrogen (secondary N) is 2. The molecule has 5 rings (SSSR count).